The minimum Gasteiger partial charge on any atom is -0.343 e. The van der Waals surface area contributed by atoms with Gasteiger partial charge in [-0.1, -0.05) is 25.9 Å². The summed E-state index contributed by atoms with van der Waals surface area (Å²) in [4.78, 5) is 32.7. The van der Waals surface area contributed by atoms with Crippen LogP contribution in [0.25, 0.3) is 0 Å². The van der Waals surface area contributed by atoms with Crippen LogP contribution >= 0.6 is 0 Å². The van der Waals surface area contributed by atoms with Crippen LogP contribution in [0, 0.1) is 5.92 Å². The Morgan fingerprint density at radius 3 is 2.59 bits per heavy atom. The number of urea groups is 1. The maximum absolute atomic E-state index is 12.6. The molecule has 0 saturated carbocycles. The van der Waals surface area contributed by atoms with Gasteiger partial charge in [0, 0.05) is 38.5 Å². The third kappa shape index (κ3) is 6.52. The number of piperidine rings is 1. The molecule has 0 atom stereocenters. The lowest BCUT2D eigenvalue weighted by Crippen LogP contribution is -2.50. The molecule has 152 valence electrons. The number of likely N-dealkylation sites (tertiary alicyclic amines) is 1. The fourth-order valence-electron chi connectivity index (χ4n) is 3.19. The maximum atomic E-state index is 12.6. The molecule has 1 aromatic rings. The summed E-state index contributed by atoms with van der Waals surface area (Å²) in [6.45, 7) is 10.4. The highest BCUT2D eigenvalue weighted by atomic mass is 16.5. The van der Waals surface area contributed by atoms with Crippen LogP contribution in [-0.4, -0.2) is 57.6 Å². The Labute approximate surface area is 161 Å². The fraction of sp³-hybridized carbons (Fsp3) is 0.789. The highest BCUT2D eigenvalue weighted by Gasteiger charge is 2.25. The number of nitrogens with one attached hydrogen (secondary N) is 1. The van der Waals surface area contributed by atoms with E-state index in [2.05, 4.69) is 36.2 Å². The van der Waals surface area contributed by atoms with Crippen molar-refractivity contribution in [2.24, 2.45) is 5.92 Å². The molecule has 0 unspecified atom stereocenters. The zero-order valence-electron chi connectivity index (χ0n) is 17.0. The fourth-order valence-corrected chi connectivity index (χ4v) is 3.19. The van der Waals surface area contributed by atoms with Crippen LogP contribution in [0.4, 0.5) is 4.79 Å². The van der Waals surface area contributed by atoms with E-state index in [4.69, 9.17) is 4.52 Å². The number of nitrogens with zero attached hydrogens (tertiary/aromatic N) is 4. The smallest absolute Gasteiger partial charge is 0.318 e. The van der Waals surface area contributed by atoms with Crippen molar-refractivity contribution in [3.05, 3.63) is 11.7 Å². The Balaban J connectivity index is 1.80. The second-order valence-electron chi connectivity index (χ2n) is 7.57. The Morgan fingerprint density at radius 2 is 2.00 bits per heavy atom. The van der Waals surface area contributed by atoms with Crippen molar-refractivity contribution < 1.29 is 14.1 Å². The van der Waals surface area contributed by atoms with Crippen molar-refractivity contribution in [1.29, 1.82) is 0 Å². The van der Waals surface area contributed by atoms with Crippen LogP contribution in [-0.2, 0) is 17.8 Å². The highest BCUT2D eigenvalue weighted by molar-refractivity contribution is 5.77. The first-order valence-corrected chi connectivity index (χ1v) is 10.1. The van der Waals surface area contributed by atoms with Gasteiger partial charge in [-0.15, -0.1) is 0 Å². The number of rotatable bonds is 8. The van der Waals surface area contributed by atoms with Crippen molar-refractivity contribution in [2.75, 3.05) is 19.6 Å². The number of aryl methyl sites for hydroxylation is 1. The van der Waals surface area contributed by atoms with Crippen LogP contribution in [0.1, 0.15) is 65.1 Å². The molecular weight excluding hydrogens is 346 g/mol. The molecule has 8 heteroatoms. The van der Waals surface area contributed by atoms with Gasteiger partial charge >= 0.3 is 6.03 Å². The van der Waals surface area contributed by atoms with E-state index in [1.54, 1.807) is 4.90 Å². The molecule has 1 fully saturated rings. The minimum atomic E-state index is -0.119. The van der Waals surface area contributed by atoms with Gasteiger partial charge < -0.3 is 19.6 Å². The number of carbonyl (C=O) groups excluding carboxylic acids is 2. The van der Waals surface area contributed by atoms with Crippen LogP contribution in [0.2, 0.25) is 0 Å². The van der Waals surface area contributed by atoms with E-state index in [9.17, 15) is 9.59 Å². The third-order valence-corrected chi connectivity index (χ3v) is 4.73. The number of amides is 3. The molecule has 0 spiro atoms. The number of carbonyl (C=O) groups is 2. The first-order valence-electron chi connectivity index (χ1n) is 10.1. The molecule has 1 aliphatic heterocycles. The van der Waals surface area contributed by atoms with Gasteiger partial charge in [-0.05, 0) is 32.1 Å². The summed E-state index contributed by atoms with van der Waals surface area (Å²) in [5.41, 5.74) is 0. The van der Waals surface area contributed by atoms with E-state index in [0.29, 0.717) is 50.2 Å². The normalized spacial score (nSPS) is 15.2. The number of aromatic nitrogens is 2. The summed E-state index contributed by atoms with van der Waals surface area (Å²) in [6, 6.07) is -0.0260. The molecule has 0 aliphatic carbocycles. The lowest BCUT2D eigenvalue weighted by molar-refractivity contribution is -0.133. The van der Waals surface area contributed by atoms with E-state index in [0.717, 1.165) is 25.7 Å². The predicted octanol–water partition coefficient (Wildman–Crippen LogP) is 2.59. The van der Waals surface area contributed by atoms with E-state index in [1.165, 1.54) is 0 Å². The lowest BCUT2D eigenvalue weighted by Gasteiger charge is -2.34. The molecular formula is C19H33N5O3. The molecule has 1 saturated heterocycles. The van der Waals surface area contributed by atoms with Crippen molar-refractivity contribution in [3.63, 3.8) is 0 Å². The van der Waals surface area contributed by atoms with E-state index in [1.807, 2.05) is 11.8 Å². The van der Waals surface area contributed by atoms with Crippen LogP contribution in [0.15, 0.2) is 4.52 Å². The van der Waals surface area contributed by atoms with Gasteiger partial charge in [0.05, 0.1) is 6.54 Å². The first kappa shape index (κ1) is 21.2. The van der Waals surface area contributed by atoms with Crippen LogP contribution in [0.5, 0.6) is 0 Å². The second kappa shape index (κ2) is 10.3. The van der Waals surface area contributed by atoms with Crippen molar-refractivity contribution in [1.82, 2.24) is 25.3 Å². The monoisotopic (exact) mass is 379 g/mol. The van der Waals surface area contributed by atoms with E-state index >= 15 is 0 Å². The Hall–Kier alpha value is -2.12. The van der Waals surface area contributed by atoms with Crippen molar-refractivity contribution in [3.8, 4) is 0 Å². The molecule has 2 rings (SSSR count). The quantitative estimate of drug-likeness (QED) is 0.749. The summed E-state index contributed by atoms with van der Waals surface area (Å²) in [5.74, 6) is 1.73. The van der Waals surface area contributed by atoms with Gasteiger partial charge in [-0.3, -0.25) is 4.79 Å². The zero-order valence-corrected chi connectivity index (χ0v) is 17.0. The number of hydrogen-bond donors (Lipinski definition) is 1. The van der Waals surface area contributed by atoms with Crippen molar-refractivity contribution >= 4 is 11.9 Å². The molecule has 0 aromatic carbocycles. The van der Waals surface area contributed by atoms with Gasteiger partial charge in [-0.25, -0.2) is 4.79 Å². The Morgan fingerprint density at radius 1 is 1.30 bits per heavy atom. The first-order chi connectivity index (χ1) is 12.9. The summed E-state index contributed by atoms with van der Waals surface area (Å²) in [6.07, 6.45) is 3.86. The Bertz CT molecular complexity index is 608. The highest BCUT2D eigenvalue weighted by Crippen LogP contribution is 2.14. The van der Waals surface area contributed by atoms with Gasteiger partial charge in [-0.2, -0.15) is 4.98 Å². The lowest BCUT2D eigenvalue weighted by atomic mass is 10.0. The third-order valence-electron chi connectivity index (χ3n) is 4.73. The minimum absolute atomic E-state index is 0.0931. The number of hydrogen-bond acceptors (Lipinski definition) is 5. The second-order valence-corrected chi connectivity index (χ2v) is 7.57. The molecule has 8 nitrogen and oxygen atoms in total. The van der Waals surface area contributed by atoms with E-state index < -0.39 is 0 Å². The standard InChI is InChI=1S/C19H33N5O3/c1-5-7-17-21-16(22-27-17)13-23(6-2)19(26)20-15-8-10-24(11-9-15)18(25)12-14(3)4/h14-15H,5-13H2,1-4H3,(H,20,26). The largest absolute Gasteiger partial charge is 0.343 e. The van der Waals surface area contributed by atoms with Gasteiger partial charge in [0.25, 0.3) is 0 Å². The van der Waals surface area contributed by atoms with Gasteiger partial charge in [0.1, 0.15) is 0 Å². The van der Waals surface area contributed by atoms with Gasteiger partial charge in [0.15, 0.2) is 5.82 Å². The zero-order chi connectivity index (χ0) is 19.8. The average Bonchev–Trinajstić information content (AvgIpc) is 3.07. The summed E-state index contributed by atoms with van der Waals surface area (Å²) < 4.78 is 5.18. The molecule has 1 N–H and O–H groups in total. The Kier molecular flexibility index (Phi) is 8.06. The predicted molar refractivity (Wildman–Crippen MR) is 102 cm³/mol. The molecule has 0 radical (unpaired) electrons. The molecule has 2 heterocycles. The summed E-state index contributed by atoms with van der Waals surface area (Å²) in [5, 5.41) is 7.04. The molecule has 1 aliphatic rings. The summed E-state index contributed by atoms with van der Waals surface area (Å²) >= 11 is 0. The topological polar surface area (TPSA) is 91.6 Å². The average molecular weight is 380 g/mol. The van der Waals surface area contributed by atoms with Gasteiger partial charge in [0.2, 0.25) is 11.8 Å². The van der Waals surface area contributed by atoms with Crippen molar-refractivity contribution in [2.45, 2.75) is 72.4 Å². The summed E-state index contributed by atoms with van der Waals surface area (Å²) in [7, 11) is 0. The van der Waals surface area contributed by atoms with Crippen LogP contribution in [0.3, 0.4) is 0 Å². The van der Waals surface area contributed by atoms with Crippen LogP contribution < -0.4 is 5.32 Å². The molecule has 3 amide bonds. The molecule has 27 heavy (non-hydrogen) atoms. The maximum Gasteiger partial charge on any atom is 0.318 e. The van der Waals surface area contributed by atoms with E-state index in [-0.39, 0.29) is 18.0 Å². The molecule has 1 aromatic heterocycles. The molecule has 0 bridgehead atoms. The SMILES string of the molecule is CCCc1nc(CN(CC)C(=O)NC2CCN(C(=O)CC(C)C)CC2)no1.